The number of thioether (sulfide) groups is 1. The first-order chi connectivity index (χ1) is 17.9. The van der Waals surface area contributed by atoms with Crippen molar-refractivity contribution >= 4 is 46.5 Å². The molecule has 1 aromatic heterocycles. The van der Waals surface area contributed by atoms with Crippen LogP contribution >= 0.6 is 23.1 Å². The fourth-order valence-corrected chi connectivity index (χ4v) is 8.27. The molecule has 190 valence electrons. The standard InChI is InChI=1S/C27H24FN3O4S2/c28-17-11-9-16(10-12-17)20-21-22(25(34)31(24(21)33)18-7-3-1-4-8-18)36-26-23(20)37-27(35)30(26)15-19(32)29-13-5-2-6-14-29/h1,3-4,7-12,20-22H,2,5-6,13-15H2. The van der Waals surface area contributed by atoms with Crippen LogP contribution in [0.4, 0.5) is 10.1 Å². The highest BCUT2D eigenvalue weighted by Crippen LogP contribution is 2.53. The summed E-state index contributed by atoms with van der Waals surface area (Å²) in [5.74, 6) is -2.58. The third-order valence-corrected chi connectivity index (χ3v) is 9.90. The average Bonchev–Trinajstić information content (AvgIpc) is 3.36. The zero-order valence-electron chi connectivity index (χ0n) is 19.8. The van der Waals surface area contributed by atoms with Gasteiger partial charge in [-0.05, 0) is 49.1 Å². The lowest BCUT2D eigenvalue weighted by Crippen LogP contribution is -2.39. The van der Waals surface area contributed by atoms with E-state index in [0.717, 1.165) is 30.6 Å². The number of fused-ring (bicyclic) bond motifs is 2. The van der Waals surface area contributed by atoms with Gasteiger partial charge in [-0.1, -0.05) is 53.4 Å². The number of imide groups is 1. The van der Waals surface area contributed by atoms with Gasteiger partial charge in [0.05, 0.1) is 16.6 Å². The summed E-state index contributed by atoms with van der Waals surface area (Å²) in [7, 11) is 0. The van der Waals surface area contributed by atoms with E-state index in [2.05, 4.69) is 0 Å². The Balaban J connectivity index is 1.44. The highest BCUT2D eigenvalue weighted by Gasteiger charge is 2.56. The lowest BCUT2D eigenvalue weighted by atomic mass is 9.83. The van der Waals surface area contributed by atoms with Crippen molar-refractivity contribution in [3.8, 4) is 0 Å². The van der Waals surface area contributed by atoms with Gasteiger partial charge < -0.3 is 4.90 Å². The van der Waals surface area contributed by atoms with Crippen LogP contribution in [0.1, 0.15) is 35.6 Å². The number of thiazole rings is 1. The minimum atomic E-state index is -0.763. The number of hydrogen-bond acceptors (Lipinski definition) is 6. The van der Waals surface area contributed by atoms with Crippen LogP contribution in [0.15, 0.2) is 64.4 Å². The van der Waals surface area contributed by atoms with Gasteiger partial charge in [0.1, 0.15) is 17.6 Å². The maximum Gasteiger partial charge on any atom is 0.308 e. The highest BCUT2D eigenvalue weighted by atomic mass is 32.2. The molecule has 2 aromatic carbocycles. The number of carbonyl (C=O) groups is 3. The summed E-state index contributed by atoms with van der Waals surface area (Å²) in [6, 6.07) is 14.6. The van der Waals surface area contributed by atoms with E-state index in [-0.39, 0.29) is 29.1 Å². The molecule has 3 aliphatic heterocycles. The van der Waals surface area contributed by atoms with Crippen LogP contribution in [0.25, 0.3) is 0 Å². The Hall–Kier alpha value is -3.24. The molecule has 0 bridgehead atoms. The first-order valence-corrected chi connectivity index (χ1v) is 14.0. The molecule has 0 N–H and O–H groups in total. The number of nitrogens with zero attached hydrogens (tertiary/aromatic N) is 3. The van der Waals surface area contributed by atoms with Crippen molar-refractivity contribution in [3.63, 3.8) is 0 Å². The van der Waals surface area contributed by atoms with Gasteiger partial charge in [0.2, 0.25) is 17.7 Å². The second-order valence-corrected chi connectivity index (χ2v) is 11.6. The van der Waals surface area contributed by atoms with E-state index in [4.69, 9.17) is 0 Å². The summed E-state index contributed by atoms with van der Waals surface area (Å²) in [5, 5.41) is -0.215. The molecule has 6 rings (SSSR count). The van der Waals surface area contributed by atoms with E-state index in [1.807, 2.05) is 6.07 Å². The predicted molar refractivity (Wildman–Crippen MR) is 139 cm³/mol. The van der Waals surface area contributed by atoms with Crippen LogP contribution in [-0.4, -0.2) is 45.5 Å². The summed E-state index contributed by atoms with van der Waals surface area (Å²) in [6.45, 7) is 1.25. The minimum absolute atomic E-state index is 0.101. The number of likely N-dealkylation sites (tertiary alicyclic amines) is 1. The minimum Gasteiger partial charge on any atom is -0.341 e. The Bertz CT molecular complexity index is 1430. The van der Waals surface area contributed by atoms with Gasteiger partial charge in [-0.3, -0.25) is 23.7 Å². The fourth-order valence-electron chi connectivity index (χ4n) is 5.49. The van der Waals surface area contributed by atoms with Gasteiger partial charge in [-0.25, -0.2) is 9.29 Å². The zero-order chi connectivity index (χ0) is 25.7. The van der Waals surface area contributed by atoms with Crippen LogP contribution in [0.2, 0.25) is 0 Å². The molecule has 3 aromatic rings. The summed E-state index contributed by atoms with van der Waals surface area (Å²) in [4.78, 5) is 57.0. The molecule has 37 heavy (non-hydrogen) atoms. The lowest BCUT2D eigenvalue weighted by molar-refractivity contribution is -0.133. The molecule has 4 heterocycles. The van der Waals surface area contributed by atoms with Crippen LogP contribution in [-0.2, 0) is 20.9 Å². The van der Waals surface area contributed by atoms with E-state index < -0.39 is 22.9 Å². The maximum atomic E-state index is 13.8. The molecule has 2 saturated heterocycles. The molecule has 0 aliphatic carbocycles. The third kappa shape index (κ3) is 4.12. The zero-order valence-corrected chi connectivity index (χ0v) is 21.5. The Morgan fingerprint density at radius 1 is 0.919 bits per heavy atom. The predicted octanol–water partition coefficient (Wildman–Crippen LogP) is 3.86. The van der Waals surface area contributed by atoms with Gasteiger partial charge >= 0.3 is 4.87 Å². The topological polar surface area (TPSA) is 79.7 Å². The quantitative estimate of drug-likeness (QED) is 0.473. The van der Waals surface area contributed by atoms with Crippen LogP contribution in [0.5, 0.6) is 0 Å². The van der Waals surface area contributed by atoms with Crippen molar-refractivity contribution in [2.75, 3.05) is 18.0 Å². The van der Waals surface area contributed by atoms with Gasteiger partial charge in [-0.2, -0.15) is 0 Å². The Kier molecular flexibility index (Phi) is 6.24. The van der Waals surface area contributed by atoms with E-state index in [9.17, 15) is 23.6 Å². The first kappa shape index (κ1) is 24.1. The number of anilines is 1. The van der Waals surface area contributed by atoms with Crippen molar-refractivity contribution < 1.29 is 18.8 Å². The number of aromatic nitrogens is 1. The molecule has 3 atom stereocenters. The SMILES string of the molecule is O=C(Cn1c2c(sc1=O)C(c1ccc(F)cc1)C1C(=O)N(c3ccccc3)C(=O)C1S2)N1CCCCC1. The number of amides is 3. The number of benzene rings is 2. The largest absolute Gasteiger partial charge is 0.341 e. The van der Waals surface area contributed by atoms with Crippen LogP contribution < -0.4 is 9.77 Å². The van der Waals surface area contributed by atoms with E-state index in [1.165, 1.54) is 33.4 Å². The summed E-state index contributed by atoms with van der Waals surface area (Å²) in [6.07, 6.45) is 2.98. The number of halogens is 1. The fraction of sp³-hybridized carbons (Fsp3) is 0.333. The maximum absolute atomic E-state index is 13.8. The summed E-state index contributed by atoms with van der Waals surface area (Å²) >= 11 is 2.19. The number of rotatable bonds is 4. The molecule has 3 unspecified atom stereocenters. The Labute approximate surface area is 220 Å². The molecule has 2 fully saturated rings. The average molecular weight is 538 g/mol. The second-order valence-electron chi connectivity index (χ2n) is 9.51. The van der Waals surface area contributed by atoms with Gasteiger partial charge in [-0.15, -0.1) is 0 Å². The number of carbonyl (C=O) groups excluding carboxylic acids is 3. The van der Waals surface area contributed by atoms with Crippen LogP contribution in [0.3, 0.4) is 0 Å². The summed E-state index contributed by atoms with van der Waals surface area (Å²) in [5.41, 5.74) is 1.15. The van der Waals surface area contributed by atoms with E-state index in [1.54, 1.807) is 41.3 Å². The van der Waals surface area contributed by atoms with E-state index >= 15 is 0 Å². The van der Waals surface area contributed by atoms with Gasteiger partial charge in [0.25, 0.3) is 0 Å². The number of para-hydroxylation sites is 1. The van der Waals surface area contributed by atoms with Crippen molar-refractivity contribution in [2.45, 2.75) is 42.0 Å². The third-order valence-electron chi connectivity index (χ3n) is 7.29. The number of hydrogen-bond donors (Lipinski definition) is 0. The highest BCUT2D eigenvalue weighted by molar-refractivity contribution is 8.00. The molecule has 10 heteroatoms. The first-order valence-electron chi connectivity index (χ1n) is 12.3. The van der Waals surface area contributed by atoms with Crippen molar-refractivity contribution in [1.82, 2.24) is 9.47 Å². The lowest BCUT2D eigenvalue weighted by Gasteiger charge is -2.31. The van der Waals surface area contributed by atoms with Crippen molar-refractivity contribution in [2.24, 2.45) is 5.92 Å². The van der Waals surface area contributed by atoms with Gasteiger partial charge in [0.15, 0.2) is 0 Å². The van der Waals surface area contributed by atoms with Crippen LogP contribution in [0, 0.1) is 11.7 Å². The Morgan fingerprint density at radius 3 is 2.32 bits per heavy atom. The smallest absolute Gasteiger partial charge is 0.308 e. The summed E-state index contributed by atoms with van der Waals surface area (Å²) < 4.78 is 15.3. The number of piperidine rings is 1. The normalized spacial score (nSPS) is 23.2. The van der Waals surface area contributed by atoms with Gasteiger partial charge in [0, 0.05) is 23.9 Å². The van der Waals surface area contributed by atoms with E-state index in [0.29, 0.717) is 34.2 Å². The Morgan fingerprint density at radius 2 is 1.62 bits per heavy atom. The molecule has 7 nitrogen and oxygen atoms in total. The monoisotopic (exact) mass is 537 g/mol. The molecular weight excluding hydrogens is 513 g/mol. The molecule has 0 spiro atoms. The van der Waals surface area contributed by atoms with Crippen molar-refractivity contribution in [1.29, 1.82) is 0 Å². The molecule has 3 amide bonds. The molecule has 0 radical (unpaired) electrons. The molecular formula is C27H24FN3O4S2. The molecule has 3 aliphatic rings. The van der Waals surface area contributed by atoms with Crippen molar-refractivity contribution in [3.05, 3.63) is 80.5 Å². The molecule has 0 saturated carbocycles. The second kappa shape index (κ2) is 9.57.